The van der Waals surface area contributed by atoms with Gasteiger partial charge in [-0.25, -0.2) is 17.5 Å². The van der Waals surface area contributed by atoms with Crippen LogP contribution in [0.3, 0.4) is 0 Å². The zero-order valence-electron chi connectivity index (χ0n) is 12.4. The highest BCUT2D eigenvalue weighted by Crippen LogP contribution is 2.20. The van der Waals surface area contributed by atoms with Crippen LogP contribution < -0.4 is 4.72 Å². The molecule has 0 atom stereocenters. The highest BCUT2D eigenvalue weighted by Gasteiger charge is 2.20. The standard InChI is InChI=1S/C15H10Cl2FN3O3S/c16-10-3-1-9(2-4-10)15-20-14(24-21-15)8-19-25(22,23)13-6-5-11(17)7-12(13)18/h1-7,19H,8H2. The molecular formula is C15H10Cl2FN3O3S. The minimum absolute atomic E-state index is 0.0305. The van der Waals surface area contributed by atoms with Crippen molar-refractivity contribution in [1.82, 2.24) is 14.9 Å². The van der Waals surface area contributed by atoms with E-state index in [2.05, 4.69) is 14.9 Å². The minimum atomic E-state index is -4.10. The normalized spacial score (nSPS) is 11.6. The van der Waals surface area contributed by atoms with Crippen LogP contribution in [0.4, 0.5) is 4.39 Å². The van der Waals surface area contributed by atoms with Gasteiger partial charge >= 0.3 is 0 Å². The first-order chi connectivity index (χ1) is 11.8. The number of rotatable bonds is 5. The number of nitrogens with one attached hydrogen (secondary N) is 1. The molecule has 2 aromatic carbocycles. The van der Waals surface area contributed by atoms with Crippen molar-refractivity contribution in [2.45, 2.75) is 11.4 Å². The zero-order chi connectivity index (χ0) is 18.0. The lowest BCUT2D eigenvalue weighted by molar-refractivity contribution is 0.375. The Morgan fingerprint density at radius 2 is 1.76 bits per heavy atom. The Hall–Kier alpha value is -2.00. The van der Waals surface area contributed by atoms with Crippen LogP contribution in [-0.2, 0) is 16.6 Å². The quantitative estimate of drug-likeness (QED) is 0.704. The summed E-state index contributed by atoms with van der Waals surface area (Å²) in [4.78, 5) is 3.56. The maximum Gasteiger partial charge on any atom is 0.243 e. The van der Waals surface area contributed by atoms with Crippen LogP contribution in [0, 0.1) is 5.82 Å². The van der Waals surface area contributed by atoms with Gasteiger partial charge in [-0.1, -0.05) is 28.4 Å². The molecule has 0 radical (unpaired) electrons. The topological polar surface area (TPSA) is 85.1 Å². The van der Waals surface area contributed by atoms with Crippen molar-refractivity contribution in [3.05, 3.63) is 64.2 Å². The fourth-order valence-corrected chi connectivity index (χ4v) is 3.29. The van der Waals surface area contributed by atoms with Crippen molar-refractivity contribution in [1.29, 1.82) is 0 Å². The van der Waals surface area contributed by atoms with Gasteiger partial charge in [0.2, 0.25) is 21.7 Å². The van der Waals surface area contributed by atoms with Gasteiger partial charge in [0.05, 0.1) is 6.54 Å². The minimum Gasteiger partial charge on any atom is -0.338 e. The Kier molecular flexibility index (Phi) is 5.05. The maximum atomic E-state index is 13.8. The van der Waals surface area contributed by atoms with E-state index in [1.807, 2.05) is 0 Å². The molecule has 0 fully saturated rings. The second kappa shape index (κ2) is 7.09. The van der Waals surface area contributed by atoms with E-state index in [0.717, 1.165) is 12.1 Å². The van der Waals surface area contributed by atoms with Gasteiger partial charge in [-0.3, -0.25) is 0 Å². The van der Waals surface area contributed by atoms with Crippen molar-refractivity contribution in [3.63, 3.8) is 0 Å². The van der Waals surface area contributed by atoms with Crippen LogP contribution in [0.5, 0.6) is 0 Å². The van der Waals surface area contributed by atoms with E-state index >= 15 is 0 Å². The first-order valence-corrected chi connectivity index (χ1v) is 9.12. The second-order valence-electron chi connectivity index (χ2n) is 4.92. The van der Waals surface area contributed by atoms with Gasteiger partial charge in [0.15, 0.2) is 0 Å². The van der Waals surface area contributed by atoms with E-state index in [1.54, 1.807) is 24.3 Å². The van der Waals surface area contributed by atoms with Gasteiger partial charge in [0.25, 0.3) is 0 Å². The summed E-state index contributed by atoms with van der Waals surface area (Å²) in [6.07, 6.45) is 0. The monoisotopic (exact) mass is 401 g/mol. The van der Waals surface area contributed by atoms with E-state index in [1.165, 1.54) is 6.07 Å². The number of halogens is 3. The predicted octanol–water partition coefficient (Wildman–Crippen LogP) is 3.66. The molecule has 1 aromatic heterocycles. The molecule has 0 aliphatic heterocycles. The van der Waals surface area contributed by atoms with E-state index in [-0.39, 0.29) is 23.3 Å². The fourth-order valence-electron chi connectivity index (χ4n) is 1.97. The van der Waals surface area contributed by atoms with Crippen molar-refractivity contribution in [2.75, 3.05) is 0 Å². The molecule has 1 N–H and O–H groups in total. The van der Waals surface area contributed by atoms with E-state index < -0.39 is 20.7 Å². The molecule has 10 heteroatoms. The Labute approximate surface area is 152 Å². The lowest BCUT2D eigenvalue weighted by Crippen LogP contribution is -2.24. The van der Waals surface area contributed by atoms with Gasteiger partial charge in [-0.2, -0.15) is 4.98 Å². The molecular weight excluding hydrogens is 392 g/mol. The molecule has 1 heterocycles. The first kappa shape index (κ1) is 17.8. The summed E-state index contributed by atoms with van der Waals surface area (Å²) in [5.41, 5.74) is 0.658. The van der Waals surface area contributed by atoms with Crippen molar-refractivity contribution in [3.8, 4) is 11.4 Å². The number of nitrogens with zero attached hydrogens (tertiary/aromatic N) is 2. The van der Waals surface area contributed by atoms with Crippen LogP contribution >= 0.6 is 23.2 Å². The third-order valence-electron chi connectivity index (χ3n) is 3.17. The van der Waals surface area contributed by atoms with Gasteiger partial charge in [-0.15, -0.1) is 0 Å². The molecule has 25 heavy (non-hydrogen) atoms. The van der Waals surface area contributed by atoms with Crippen molar-refractivity contribution >= 4 is 33.2 Å². The van der Waals surface area contributed by atoms with E-state index in [0.29, 0.717) is 10.6 Å². The number of sulfonamides is 1. The van der Waals surface area contributed by atoms with Crippen LogP contribution in [0.2, 0.25) is 10.0 Å². The van der Waals surface area contributed by atoms with Gasteiger partial charge in [-0.05, 0) is 42.5 Å². The molecule has 3 rings (SSSR count). The molecule has 0 aliphatic carbocycles. The van der Waals surface area contributed by atoms with Crippen molar-refractivity contribution in [2.24, 2.45) is 0 Å². The van der Waals surface area contributed by atoms with Gasteiger partial charge in [0.1, 0.15) is 10.7 Å². The third-order valence-corrected chi connectivity index (χ3v) is 5.09. The highest BCUT2D eigenvalue weighted by atomic mass is 35.5. The summed E-state index contributed by atoms with van der Waals surface area (Å²) in [5.74, 6) is -0.640. The predicted molar refractivity (Wildman–Crippen MR) is 90.2 cm³/mol. The molecule has 6 nitrogen and oxygen atoms in total. The number of hydrogen-bond donors (Lipinski definition) is 1. The molecule has 0 unspecified atom stereocenters. The molecule has 130 valence electrons. The maximum absolute atomic E-state index is 13.8. The largest absolute Gasteiger partial charge is 0.338 e. The lowest BCUT2D eigenvalue weighted by atomic mass is 10.2. The summed E-state index contributed by atoms with van der Waals surface area (Å²) in [6.45, 7) is -0.287. The number of hydrogen-bond acceptors (Lipinski definition) is 5. The molecule has 0 saturated carbocycles. The smallest absolute Gasteiger partial charge is 0.243 e. The van der Waals surface area contributed by atoms with Crippen LogP contribution in [0.1, 0.15) is 5.89 Å². The molecule has 0 amide bonds. The third kappa shape index (κ3) is 4.16. The molecule has 3 aromatic rings. The van der Waals surface area contributed by atoms with Crippen LogP contribution in [-0.4, -0.2) is 18.6 Å². The lowest BCUT2D eigenvalue weighted by Gasteiger charge is -2.05. The summed E-state index contributed by atoms with van der Waals surface area (Å²) in [7, 11) is -4.10. The van der Waals surface area contributed by atoms with Gasteiger partial charge < -0.3 is 4.52 Å². The Balaban J connectivity index is 1.74. The Morgan fingerprint density at radius 1 is 1.08 bits per heavy atom. The van der Waals surface area contributed by atoms with Crippen LogP contribution in [0.25, 0.3) is 11.4 Å². The van der Waals surface area contributed by atoms with Gasteiger partial charge in [0, 0.05) is 15.6 Å². The Bertz CT molecular complexity index is 1010. The fraction of sp³-hybridized carbons (Fsp3) is 0.0667. The highest BCUT2D eigenvalue weighted by molar-refractivity contribution is 7.89. The second-order valence-corrected chi connectivity index (χ2v) is 7.53. The SMILES string of the molecule is O=S(=O)(NCc1nc(-c2ccc(Cl)cc2)no1)c1ccc(Cl)cc1F. The molecule has 0 spiro atoms. The Morgan fingerprint density at radius 3 is 2.44 bits per heavy atom. The first-order valence-electron chi connectivity index (χ1n) is 6.88. The molecule has 0 aliphatic rings. The average Bonchev–Trinajstić information content (AvgIpc) is 3.02. The van der Waals surface area contributed by atoms with Crippen LogP contribution in [0.15, 0.2) is 51.9 Å². The summed E-state index contributed by atoms with van der Waals surface area (Å²) in [6, 6.07) is 10.0. The van der Waals surface area contributed by atoms with E-state index in [9.17, 15) is 12.8 Å². The number of aromatic nitrogens is 2. The van der Waals surface area contributed by atoms with E-state index in [4.69, 9.17) is 27.7 Å². The number of benzene rings is 2. The molecule has 0 bridgehead atoms. The molecule has 0 saturated heterocycles. The average molecular weight is 402 g/mol. The van der Waals surface area contributed by atoms with Crippen molar-refractivity contribution < 1.29 is 17.3 Å². The summed E-state index contributed by atoms with van der Waals surface area (Å²) >= 11 is 11.4. The summed E-state index contributed by atoms with van der Waals surface area (Å²) in [5, 5.41) is 4.42. The summed E-state index contributed by atoms with van der Waals surface area (Å²) < 4.78 is 45.3. The zero-order valence-corrected chi connectivity index (χ0v) is 14.7.